The van der Waals surface area contributed by atoms with Crippen LogP contribution in [0.4, 0.5) is 4.39 Å². The van der Waals surface area contributed by atoms with Gasteiger partial charge >= 0.3 is 0 Å². The van der Waals surface area contributed by atoms with Crippen molar-refractivity contribution >= 4 is 0 Å². The Morgan fingerprint density at radius 2 is 2.06 bits per heavy atom. The summed E-state index contributed by atoms with van der Waals surface area (Å²) in [5, 5.41) is 10.3. The number of fused-ring (bicyclic) bond motifs is 2. The molecule has 1 aliphatic carbocycles. The molecule has 17 heavy (non-hydrogen) atoms. The zero-order chi connectivity index (χ0) is 11.9. The van der Waals surface area contributed by atoms with Crippen molar-refractivity contribution in [1.82, 2.24) is 0 Å². The first-order valence-corrected chi connectivity index (χ1v) is 6.27. The topological polar surface area (TPSA) is 29.5 Å². The second-order valence-electron chi connectivity index (χ2n) is 5.12. The lowest BCUT2D eigenvalue weighted by atomic mass is 9.64. The third kappa shape index (κ3) is 1.69. The summed E-state index contributed by atoms with van der Waals surface area (Å²) in [7, 11) is 0. The minimum atomic E-state index is -0.360. The van der Waals surface area contributed by atoms with Gasteiger partial charge in [0.15, 0.2) is 0 Å². The predicted octanol–water partition coefficient (Wildman–Crippen LogP) is 2.18. The molecule has 2 nitrogen and oxygen atoms in total. The summed E-state index contributed by atoms with van der Waals surface area (Å²) >= 11 is 0. The Kier molecular flexibility index (Phi) is 2.68. The van der Waals surface area contributed by atoms with Crippen LogP contribution in [-0.4, -0.2) is 24.4 Å². The van der Waals surface area contributed by atoms with Crippen molar-refractivity contribution in [3.63, 3.8) is 0 Å². The van der Waals surface area contributed by atoms with Crippen LogP contribution in [0, 0.1) is 5.82 Å². The lowest BCUT2D eigenvalue weighted by Gasteiger charge is -2.45. The molecule has 1 aromatic carbocycles. The summed E-state index contributed by atoms with van der Waals surface area (Å²) in [6.45, 7) is 1.32. The Hall–Kier alpha value is -0.930. The number of aryl methyl sites for hydroxylation is 1. The van der Waals surface area contributed by atoms with Gasteiger partial charge in [0.2, 0.25) is 0 Å². The van der Waals surface area contributed by atoms with Crippen LogP contribution in [0.15, 0.2) is 18.2 Å². The van der Waals surface area contributed by atoms with Gasteiger partial charge in [-0.15, -0.1) is 0 Å². The summed E-state index contributed by atoms with van der Waals surface area (Å²) in [5.74, 6) is -0.205. The van der Waals surface area contributed by atoms with E-state index in [0.717, 1.165) is 31.2 Å². The van der Waals surface area contributed by atoms with E-state index in [-0.39, 0.29) is 17.3 Å². The number of hydrogen-bond donors (Lipinski definition) is 1. The van der Waals surface area contributed by atoms with E-state index in [1.54, 1.807) is 6.07 Å². The Morgan fingerprint density at radius 3 is 2.82 bits per heavy atom. The molecule has 1 fully saturated rings. The van der Waals surface area contributed by atoms with E-state index < -0.39 is 0 Å². The van der Waals surface area contributed by atoms with E-state index in [1.807, 2.05) is 6.07 Å². The number of hydrogen-bond acceptors (Lipinski definition) is 2. The number of ether oxygens (including phenoxy) is 1. The van der Waals surface area contributed by atoms with Crippen molar-refractivity contribution in [2.24, 2.45) is 0 Å². The fourth-order valence-corrected chi connectivity index (χ4v) is 3.32. The second kappa shape index (κ2) is 4.07. The lowest BCUT2D eigenvalue weighted by Crippen LogP contribution is -2.47. The Labute approximate surface area is 100 Å². The first kappa shape index (κ1) is 11.2. The van der Waals surface area contributed by atoms with E-state index >= 15 is 0 Å². The van der Waals surface area contributed by atoms with E-state index in [4.69, 9.17) is 4.74 Å². The molecule has 0 saturated carbocycles. The minimum Gasteiger partial charge on any atom is -0.392 e. The molecule has 0 bridgehead atoms. The molecular weight excluding hydrogens is 219 g/mol. The van der Waals surface area contributed by atoms with E-state index in [9.17, 15) is 9.50 Å². The number of benzene rings is 1. The molecule has 2 aliphatic rings. The van der Waals surface area contributed by atoms with Crippen LogP contribution in [0.1, 0.15) is 30.4 Å². The highest BCUT2D eigenvalue weighted by Crippen LogP contribution is 2.44. The third-order valence-electron chi connectivity index (χ3n) is 4.32. The van der Waals surface area contributed by atoms with Crippen LogP contribution in [0.3, 0.4) is 0 Å². The maximum Gasteiger partial charge on any atom is 0.123 e. The van der Waals surface area contributed by atoms with Gasteiger partial charge in [-0.2, -0.15) is 0 Å². The molecule has 1 aliphatic heterocycles. The van der Waals surface area contributed by atoms with Crippen LogP contribution < -0.4 is 0 Å². The number of halogens is 1. The Bertz CT molecular complexity index is 424. The van der Waals surface area contributed by atoms with E-state index in [0.29, 0.717) is 13.2 Å². The molecule has 1 unspecified atom stereocenters. The minimum absolute atomic E-state index is 0.205. The third-order valence-corrected chi connectivity index (χ3v) is 4.32. The fourth-order valence-electron chi connectivity index (χ4n) is 3.32. The largest absolute Gasteiger partial charge is 0.392 e. The zero-order valence-electron chi connectivity index (χ0n) is 9.79. The molecule has 1 heterocycles. The average Bonchev–Trinajstić information content (AvgIpc) is 2.36. The normalized spacial score (nSPS) is 26.8. The van der Waals surface area contributed by atoms with Crippen molar-refractivity contribution < 1.29 is 14.2 Å². The predicted molar refractivity (Wildman–Crippen MR) is 62.5 cm³/mol. The van der Waals surface area contributed by atoms with Crippen molar-refractivity contribution in [3.05, 3.63) is 35.1 Å². The highest BCUT2D eigenvalue weighted by Gasteiger charge is 2.44. The van der Waals surface area contributed by atoms with Crippen LogP contribution >= 0.6 is 0 Å². The maximum absolute atomic E-state index is 13.4. The second-order valence-corrected chi connectivity index (χ2v) is 5.12. The highest BCUT2D eigenvalue weighted by atomic mass is 19.1. The van der Waals surface area contributed by atoms with Crippen LogP contribution in [0.5, 0.6) is 0 Å². The van der Waals surface area contributed by atoms with Gasteiger partial charge in [-0.25, -0.2) is 4.39 Å². The van der Waals surface area contributed by atoms with E-state index in [1.165, 1.54) is 11.6 Å². The summed E-state index contributed by atoms with van der Waals surface area (Å²) in [5.41, 5.74) is 1.94. The van der Waals surface area contributed by atoms with Gasteiger partial charge in [0.1, 0.15) is 5.82 Å². The van der Waals surface area contributed by atoms with Gasteiger partial charge in [0.05, 0.1) is 6.10 Å². The molecule has 3 heteroatoms. The van der Waals surface area contributed by atoms with Crippen molar-refractivity contribution in [2.75, 3.05) is 13.2 Å². The molecule has 1 atom stereocenters. The van der Waals surface area contributed by atoms with Gasteiger partial charge in [0, 0.05) is 18.6 Å². The quantitative estimate of drug-likeness (QED) is 0.748. The molecular formula is C14H17FO2. The van der Waals surface area contributed by atoms with Crippen molar-refractivity contribution in [2.45, 2.75) is 37.2 Å². The number of aliphatic hydroxyl groups excluding tert-OH is 1. The summed E-state index contributed by atoms with van der Waals surface area (Å²) in [6.07, 6.45) is 2.86. The number of aliphatic hydroxyl groups is 1. The van der Waals surface area contributed by atoms with Crippen molar-refractivity contribution in [1.29, 1.82) is 0 Å². The molecule has 1 N–H and O–H groups in total. The summed E-state index contributed by atoms with van der Waals surface area (Å²) in [4.78, 5) is 0. The van der Waals surface area contributed by atoms with Crippen molar-refractivity contribution in [3.8, 4) is 0 Å². The Morgan fingerprint density at radius 1 is 1.29 bits per heavy atom. The van der Waals surface area contributed by atoms with Gasteiger partial charge in [-0.05, 0) is 48.9 Å². The van der Waals surface area contributed by atoms with Gasteiger partial charge in [-0.3, -0.25) is 0 Å². The SMILES string of the molecule is OC1CCc2ccc(F)cc2C12CCOCC2. The summed E-state index contributed by atoms with van der Waals surface area (Å²) in [6, 6.07) is 5.00. The highest BCUT2D eigenvalue weighted by molar-refractivity contribution is 5.39. The molecule has 1 saturated heterocycles. The summed E-state index contributed by atoms with van der Waals surface area (Å²) < 4.78 is 18.8. The first-order chi connectivity index (χ1) is 8.22. The monoisotopic (exact) mass is 236 g/mol. The zero-order valence-corrected chi connectivity index (χ0v) is 9.79. The van der Waals surface area contributed by atoms with Crippen LogP contribution in [-0.2, 0) is 16.6 Å². The standard InChI is InChI=1S/C14H17FO2/c15-11-3-1-10-2-4-13(16)14(12(10)9-11)5-7-17-8-6-14/h1,3,9,13,16H,2,4-8H2. The van der Waals surface area contributed by atoms with Gasteiger partial charge in [0.25, 0.3) is 0 Å². The smallest absolute Gasteiger partial charge is 0.123 e. The molecule has 92 valence electrons. The average molecular weight is 236 g/mol. The lowest BCUT2D eigenvalue weighted by molar-refractivity contribution is -0.0238. The Balaban J connectivity index is 2.11. The molecule has 0 amide bonds. The molecule has 0 aromatic heterocycles. The fraction of sp³-hybridized carbons (Fsp3) is 0.571. The molecule has 0 radical (unpaired) electrons. The molecule has 1 aromatic rings. The van der Waals surface area contributed by atoms with Gasteiger partial charge in [-0.1, -0.05) is 6.07 Å². The molecule has 3 rings (SSSR count). The maximum atomic E-state index is 13.4. The van der Waals surface area contributed by atoms with E-state index in [2.05, 4.69) is 0 Å². The first-order valence-electron chi connectivity index (χ1n) is 6.27. The van der Waals surface area contributed by atoms with Crippen LogP contribution in [0.2, 0.25) is 0 Å². The molecule has 1 spiro atoms. The van der Waals surface area contributed by atoms with Gasteiger partial charge < -0.3 is 9.84 Å². The van der Waals surface area contributed by atoms with Crippen LogP contribution in [0.25, 0.3) is 0 Å². The number of rotatable bonds is 0.